The number of nitrogens with zero attached hydrogens (tertiary/aromatic N) is 2. The summed E-state index contributed by atoms with van der Waals surface area (Å²) in [6.07, 6.45) is 1.72. The van der Waals surface area contributed by atoms with Crippen LogP contribution in [0.1, 0.15) is 48.6 Å². The summed E-state index contributed by atoms with van der Waals surface area (Å²) in [5.41, 5.74) is 0.0123. The van der Waals surface area contributed by atoms with Gasteiger partial charge in [0, 0.05) is 23.5 Å². The minimum atomic E-state index is -1.08. The number of carbonyl (C=O) groups is 1. The predicted molar refractivity (Wildman–Crippen MR) is 88.1 cm³/mol. The second-order valence-corrected chi connectivity index (χ2v) is 7.70. The van der Waals surface area contributed by atoms with Gasteiger partial charge in [0.2, 0.25) is 0 Å². The first-order chi connectivity index (χ1) is 10.1. The maximum Gasteiger partial charge on any atom is 0.254 e. The van der Waals surface area contributed by atoms with Crippen LogP contribution in [-0.4, -0.2) is 27.3 Å². The van der Waals surface area contributed by atoms with Crippen molar-refractivity contribution in [1.82, 2.24) is 15.1 Å². The molecule has 0 saturated heterocycles. The van der Waals surface area contributed by atoms with Crippen molar-refractivity contribution < 1.29 is 9.90 Å². The fraction of sp³-hybridized carbons (Fsp3) is 0.500. The number of thiophene rings is 1. The van der Waals surface area contributed by atoms with Crippen LogP contribution in [0.2, 0.25) is 0 Å². The summed E-state index contributed by atoms with van der Waals surface area (Å²) < 4.78 is 1.65. The summed E-state index contributed by atoms with van der Waals surface area (Å²) >= 11 is 1.47. The molecule has 1 unspecified atom stereocenters. The molecule has 0 aliphatic carbocycles. The van der Waals surface area contributed by atoms with Crippen molar-refractivity contribution in [2.24, 2.45) is 7.05 Å². The number of rotatable bonds is 4. The molecule has 2 N–H and O–H groups in total. The third kappa shape index (κ3) is 3.56. The number of aromatic nitrogens is 2. The van der Waals surface area contributed by atoms with Crippen LogP contribution in [-0.2, 0) is 18.1 Å². The summed E-state index contributed by atoms with van der Waals surface area (Å²) in [4.78, 5) is 13.3. The van der Waals surface area contributed by atoms with E-state index in [1.807, 2.05) is 38.3 Å². The van der Waals surface area contributed by atoms with E-state index in [9.17, 15) is 9.90 Å². The molecule has 1 atom stereocenters. The van der Waals surface area contributed by atoms with Crippen molar-refractivity contribution in [3.05, 3.63) is 39.8 Å². The van der Waals surface area contributed by atoms with Crippen LogP contribution < -0.4 is 5.32 Å². The van der Waals surface area contributed by atoms with Crippen molar-refractivity contribution in [3.8, 4) is 0 Å². The molecule has 0 aliphatic rings. The van der Waals surface area contributed by atoms with E-state index in [1.165, 1.54) is 11.3 Å². The van der Waals surface area contributed by atoms with Gasteiger partial charge in [0.15, 0.2) is 0 Å². The molecule has 0 aliphatic heterocycles. The first kappa shape index (κ1) is 16.7. The molecule has 2 heterocycles. The van der Waals surface area contributed by atoms with E-state index >= 15 is 0 Å². The van der Waals surface area contributed by atoms with Gasteiger partial charge < -0.3 is 10.4 Å². The van der Waals surface area contributed by atoms with E-state index in [2.05, 4.69) is 10.4 Å². The fourth-order valence-electron chi connectivity index (χ4n) is 2.23. The molecule has 0 spiro atoms. The Balaban J connectivity index is 2.14. The van der Waals surface area contributed by atoms with Gasteiger partial charge in [-0.05, 0) is 18.4 Å². The Morgan fingerprint density at radius 3 is 2.64 bits per heavy atom. The van der Waals surface area contributed by atoms with Gasteiger partial charge in [-0.15, -0.1) is 11.3 Å². The highest BCUT2D eigenvalue weighted by Crippen LogP contribution is 2.26. The Morgan fingerprint density at radius 2 is 2.09 bits per heavy atom. The summed E-state index contributed by atoms with van der Waals surface area (Å²) in [7, 11) is 1.80. The van der Waals surface area contributed by atoms with Gasteiger partial charge in [0.25, 0.3) is 5.91 Å². The molecule has 2 aromatic rings. The third-order valence-corrected chi connectivity index (χ3v) is 4.55. The molecule has 0 bridgehead atoms. The summed E-state index contributed by atoms with van der Waals surface area (Å²) in [6.45, 7) is 7.92. The highest BCUT2D eigenvalue weighted by molar-refractivity contribution is 7.10. The normalized spacial score (nSPS) is 14.6. The zero-order valence-electron chi connectivity index (χ0n) is 13.7. The van der Waals surface area contributed by atoms with Gasteiger partial charge in [-0.25, -0.2) is 0 Å². The summed E-state index contributed by atoms with van der Waals surface area (Å²) in [5.74, 6) is -0.213. The van der Waals surface area contributed by atoms with Crippen LogP contribution in [0.5, 0.6) is 0 Å². The Labute approximate surface area is 135 Å². The van der Waals surface area contributed by atoms with Crippen LogP contribution in [0.15, 0.2) is 23.7 Å². The van der Waals surface area contributed by atoms with E-state index in [0.29, 0.717) is 5.56 Å². The minimum absolute atomic E-state index is 0.158. The number of aliphatic hydroxyl groups is 1. The molecule has 0 radical (unpaired) electrons. The lowest BCUT2D eigenvalue weighted by Crippen LogP contribution is -2.38. The van der Waals surface area contributed by atoms with E-state index < -0.39 is 5.60 Å². The van der Waals surface area contributed by atoms with Crippen molar-refractivity contribution in [3.63, 3.8) is 0 Å². The number of aryl methyl sites for hydroxylation is 1. The molecule has 2 aromatic heterocycles. The second kappa shape index (κ2) is 5.85. The number of nitrogens with one attached hydrogen (secondary N) is 1. The van der Waals surface area contributed by atoms with Crippen LogP contribution >= 0.6 is 11.3 Å². The fourth-order valence-corrected chi connectivity index (χ4v) is 3.02. The monoisotopic (exact) mass is 321 g/mol. The van der Waals surface area contributed by atoms with E-state index in [1.54, 1.807) is 24.9 Å². The van der Waals surface area contributed by atoms with Gasteiger partial charge >= 0.3 is 0 Å². The smallest absolute Gasteiger partial charge is 0.254 e. The van der Waals surface area contributed by atoms with Gasteiger partial charge in [-0.3, -0.25) is 9.48 Å². The molecule has 22 heavy (non-hydrogen) atoms. The van der Waals surface area contributed by atoms with Crippen molar-refractivity contribution in [2.45, 2.75) is 38.7 Å². The van der Waals surface area contributed by atoms with E-state index in [0.717, 1.165) is 10.6 Å². The molecule has 0 fully saturated rings. The molecular weight excluding hydrogens is 298 g/mol. The summed E-state index contributed by atoms with van der Waals surface area (Å²) in [5, 5.41) is 19.6. The molecule has 2 rings (SSSR count). The standard InChI is InChI=1S/C16H23N3O2S/c1-15(2,3)13-11(9-19(5)18-13)14(20)17-10-16(4,21)12-7-6-8-22-12/h6-9,21H,10H2,1-5H3,(H,17,20). The maximum atomic E-state index is 12.5. The van der Waals surface area contributed by atoms with Gasteiger partial charge in [-0.1, -0.05) is 26.8 Å². The van der Waals surface area contributed by atoms with Crippen molar-refractivity contribution in [1.29, 1.82) is 0 Å². The van der Waals surface area contributed by atoms with Crippen molar-refractivity contribution >= 4 is 17.2 Å². The number of hydrogen-bond acceptors (Lipinski definition) is 4. The van der Waals surface area contributed by atoms with Crippen LogP contribution in [0.3, 0.4) is 0 Å². The first-order valence-electron chi connectivity index (χ1n) is 7.20. The highest BCUT2D eigenvalue weighted by Gasteiger charge is 2.28. The second-order valence-electron chi connectivity index (χ2n) is 6.75. The zero-order valence-corrected chi connectivity index (χ0v) is 14.5. The number of amides is 1. The largest absolute Gasteiger partial charge is 0.383 e. The van der Waals surface area contributed by atoms with Gasteiger partial charge in [0.05, 0.1) is 17.8 Å². The number of carbonyl (C=O) groups excluding carboxylic acids is 1. The average molecular weight is 321 g/mol. The Bertz CT molecular complexity index is 651. The average Bonchev–Trinajstić information content (AvgIpc) is 3.04. The summed E-state index contributed by atoms with van der Waals surface area (Å²) in [6, 6.07) is 3.75. The van der Waals surface area contributed by atoms with E-state index in [-0.39, 0.29) is 17.9 Å². The van der Waals surface area contributed by atoms with Crippen LogP contribution in [0.25, 0.3) is 0 Å². The Kier molecular flexibility index (Phi) is 4.44. The molecule has 5 nitrogen and oxygen atoms in total. The van der Waals surface area contributed by atoms with E-state index in [4.69, 9.17) is 0 Å². The molecular formula is C16H23N3O2S. The van der Waals surface area contributed by atoms with Crippen LogP contribution in [0.4, 0.5) is 0 Å². The molecule has 6 heteroatoms. The lowest BCUT2D eigenvalue weighted by Gasteiger charge is -2.23. The lowest BCUT2D eigenvalue weighted by atomic mass is 9.89. The first-order valence-corrected chi connectivity index (χ1v) is 8.08. The highest BCUT2D eigenvalue weighted by atomic mass is 32.1. The SMILES string of the molecule is Cn1cc(C(=O)NCC(C)(O)c2cccs2)c(C(C)(C)C)n1. The molecule has 1 amide bonds. The molecule has 0 aromatic carbocycles. The Morgan fingerprint density at radius 1 is 1.41 bits per heavy atom. The maximum absolute atomic E-state index is 12.5. The topological polar surface area (TPSA) is 67.2 Å². The lowest BCUT2D eigenvalue weighted by molar-refractivity contribution is 0.0556. The quantitative estimate of drug-likeness (QED) is 0.909. The van der Waals surface area contributed by atoms with Crippen LogP contribution in [0, 0.1) is 0 Å². The minimum Gasteiger partial charge on any atom is -0.383 e. The molecule has 0 saturated carbocycles. The Hall–Kier alpha value is -1.66. The third-order valence-electron chi connectivity index (χ3n) is 3.43. The van der Waals surface area contributed by atoms with Crippen molar-refractivity contribution in [2.75, 3.05) is 6.54 Å². The zero-order chi connectivity index (χ0) is 16.5. The number of hydrogen-bond donors (Lipinski definition) is 2. The molecule has 120 valence electrons. The van der Waals surface area contributed by atoms with Gasteiger partial charge in [-0.2, -0.15) is 5.10 Å². The van der Waals surface area contributed by atoms with Gasteiger partial charge in [0.1, 0.15) is 5.60 Å². The predicted octanol–water partition coefficient (Wildman–Crippen LogP) is 2.42.